The molecule has 0 fully saturated rings. The fraction of sp³-hybridized carbons (Fsp3) is 0.111. The fourth-order valence-electron chi connectivity index (χ4n) is 2.84. The molecule has 25 heavy (non-hydrogen) atoms. The first-order valence-electron chi connectivity index (χ1n) is 7.83. The minimum Gasteiger partial charge on any atom is -0.346 e. The Morgan fingerprint density at radius 3 is 2.88 bits per heavy atom. The molecule has 2 N–H and O–H groups in total. The number of fused-ring (bicyclic) bond motifs is 3. The van der Waals surface area contributed by atoms with Gasteiger partial charge in [-0.2, -0.15) is 0 Å². The molecular formula is C18H15N5O2. The van der Waals surface area contributed by atoms with Crippen LogP contribution in [0.5, 0.6) is 0 Å². The third-order valence-electron chi connectivity index (χ3n) is 4.02. The monoisotopic (exact) mass is 333 g/mol. The predicted molar refractivity (Wildman–Crippen MR) is 93.5 cm³/mol. The molecule has 0 bridgehead atoms. The molecule has 0 unspecified atom stereocenters. The van der Waals surface area contributed by atoms with Crippen LogP contribution in [0.25, 0.3) is 16.6 Å². The summed E-state index contributed by atoms with van der Waals surface area (Å²) < 4.78 is 1.40. The van der Waals surface area contributed by atoms with Gasteiger partial charge in [0.15, 0.2) is 11.2 Å². The van der Waals surface area contributed by atoms with E-state index in [0.29, 0.717) is 17.6 Å². The SMILES string of the molecule is Cc1cccc(CNC(=O)c2nnn3c2c(=O)[nH]c2ccccc23)c1. The molecule has 0 radical (unpaired) electrons. The van der Waals surface area contributed by atoms with Crippen LogP contribution in [0.3, 0.4) is 0 Å². The summed E-state index contributed by atoms with van der Waals surface area (Å²) in [6, 6.07) is 15.1. The average Bonchev–Trinajstić information content (AvgIpc) is 3.06. The van der Waals surface area contributed by atoms with E-state index in [9.17, 15) is 9.59 Å². The molecule has 0 aliphatic heterocycles. The Balaban J connectivity index is 1.70. The Morgan fingerprint density at radius 2 is 2.04 bits per heavy atom. The van der Waals surface area contributed by atoms with E-state index in [2.05, 4.69) is 20.6 Å². The minimum absolute atomic E-state index is 0.0136. The Kier molecular flexibility index (Phi) is 3.53. The van der Waals surface area contributed by atoms with Gasteiger partial charge < -0.3 is 10.3 Å². The lowest BCUT2D eigenvalue weighted by Crippen LogP contribution is -2.25. The van der Waals surface area contributed by atoms with Crippen LogP contribution in [0.2, 0.25) is 0 Å². The largest absolute Gasteiger partial charge is 0.346 e. The molecule has 2 heterocycles. The molecule has 4 rings (SSSR count). The number of rotatable bonds is 3. The van der Waals surface area contributed by atoms with Crippen LogP contribution in [0.1, 0.15) is 21.6 Å². The molecule has 0 aliphatic carbocycles. The van der Waals surface area contributed by atoms with Crippen molar-refractivity contribution >= 4 is 22.5 Å². The van der Waals surface area contributed by atoms with Crippen molar-refractivity contribution in [3.63, 3.8) is 0 Å². The van der Waals surface area contributed by atoms with Crippen molar-refractivity contribution in [2.45, 2.75) is 13.5 Å². The number of nitrogens with zero attached hydrogens (tertiary/aromatic N) is 3. The van der Waals surface area contributed by atoms with Gasteiger partial charge in [0.1, 0.15) is 0 Å². The smallest absolute Gasteiger partial charge is 0.277 e. The normalized spacial score (nSPS) is 11.1. The number of aromatic nitrogens is 4. The fourth-order valence-corrected chi connectivity index (χ4v) is 2.84. The Labute approximate surface area is 142 Å². The van der Waals surface area contributed by atoms with Gasteiger partial charge in [0.2, 0.25) is 0 Å². The maximum atomic E-state index is 12.5. The maximum Gasteiger partial charge on any atom is 0.277 e. The zero-order chi connectivity index (χ0) is 17.4. The molecule has 0 atom stereocenters. The zero-order valence-electron chi connectivity index (χ0n) is 13.5. The predicted octanol–water partition coefficient (Wildman–Crippen LogP) is 1.81. The molecule has 0 spiro atoms. The molecular weight excluding hydrogens is 318 g/mol. The Bertz CT molecular complexity index is 1160. The first-order valence-corrected chi connectivity index (χ1v) is 7.83. The van der Waals surface area contributed by atoms with E-state index >= 15 is 0 Å². The number of para-hydroxylation sites is 2. The maximum absolute atomic E-state index is 12.5. The third-order valence-corrected chi connectivity index (χ3v) is 4.02. The number of hydrogen-bond donors (Lipinski definition) is 2. The minimum atomic E-state index is -0.433. The number of aryl methyl sites for hydroxylation is 1. The van der Waals surface area contributed by atoms with E-state index in [0.717, 1.165) is 11.1 Å². The number of H-pyrrole nitrogens is 1. The highest BCUT2D eigenvalue weighted by molar-refractivity contribution is 5.99. The van der Waals surface area contributed by atoms with Crippen LogP contribution in [-0.4, -0.2) is 25.7 Å². The first kappa shape index (κ1) is 15.1. The van der Waals surface area contributed by atoms with Crippen molar-refractivity contribution in [3.05, 3.63) is 75.7 Å². The lowest BCUT2D eigenvalue weighted by Gasteiger charge is -2.05. The van der Waals surface area contributed by atoms with Gasteiger partial charge in [-0.25, -0.2) is 4.52 Å². The average molecular weight is 333 g/mol. The highest BCUT2D eigenvalue weighted by atomic mass is 16.2. The number of nitrogens with one attached hydrogen (secondary N) is 2. The van der Waals surface area contributed by atoms with Gasteiger partial charge in [-0.3, -0.25) is 9.59 Å². The van der Waals surface area contributed by atoms with E-state index in [1.807, 2.05) is 43.3 Å². The third kappa shape index (κ3) is 2.65. The summed E-state index contributed by atoms with van der Waals surface area (Å²) in [6.07, 6.45) is 0. The van der Waals surface area contributed by atoms with Crippen molar-refractivity contribution < 1.29 is 4.79 Å². The summed E-state index contributed by atoms with van der Waals surface area (Å²) in [5, 5.41) is 10.7. The van der Waals surface area contributed by atoms with Crippen LogP contribution in [0.15, 0.2) is 53.3 Å². The summed E-state index contributed by atoms with van der Waals surface area (Å²) >= 11 is 0. The molecule has 2 aromatic carbocycles. The second-order valence-electron chi connectivity index (χ2n) is 5.84. The number of carbonyl (C=O) groups excluding carboxylic acids is 1. The van der Waals surface area contributed by atoms with E-state index < -0.39 is 11.5 Å². The number of amides is 1. The second kappa shape index (κ2) is 5.86. The van der Waals surface area contributed by atoms with Gasteiger partial charge in [-0.15, -0.1) is 5.10 Å². The molecule has 7 nitrogen and oxygen atoms in total. The van der Waals surface area contributed by atoms with Crippen LogP contribution < -0.4 is 10.9 Å². The first-order chi connectivity index (χ1) is 12.1. The zero-order valence-corrected chi connectivity index (χ0v) is 13.5. The molecule has 4 aromatic rings. The lowest BCUT2D eigenvalue weighted by atomic mass is 10.1. The highest BCUT2D eigenvalue weighted by Crippen LogP contribution is 2.12. The number of aromatic amines is 1. The van der Waals surface area contributed by atoms with Crippen LogP contribution in [0.4, 0.5) is 0 Å². The van der Waals surface area contributed by atoms with Gasteiger partial charge in [0, 0.05) is 6.54 Å². The molecule has 1 amide bonds. The van der Waals surface area contributed by atoms with E-state index in [-0.39, 0.29) is 11.2 Å². The molecule has 7 heteroatoms. The van der Waals surface area contributed by atoms with E-state index in [1.165, 1.54) is 4.52 Å². The van der Waals surface area contributed by atoms with Crippen molar-refractivity contribution in [1.29, 1.82) is 0 Å². The molecule has 124 valence electrons. The highest BCUT2D eigenvalue weighted by Gasteiger charge is 2.19. The van der Waals surface area contributed by atoms with E-state index in [4.69, 9.17) is 0 Å². The summed E-state index contributed by atoms with van der Waals surface area (Å²) in [4.78, 5) is 27.6. The summed E-state index contributed by atoms with van der Waals surface area (Å²) in [7, 11) is 0. The second-order valence-corrected chi connectivity index (χ2v) is 5.84. The standard InChI is InChI=1S/C18H15N5O2/c1-11-5-4-6-12(9-11)10-19-17(24)15-16-18(25)20-13-7-2-3-8-14(13)23(16)22-21-15/h2-9H,10H2,1H3,(H,19,24)(H,20,25). The van der Waals surface area contributed by atoms with Crippen molar-refractivity contribution in [1.82, 2.24) is 25.1 Å². The van der Waals surface area contributed by atoms with Crippen molar-refractivity contribution in [3.8, 4) is 0 Å². The number of benzene rings is 2. The topological polar surface area (TPSA) is 92.2 Å². The van der Waals surface area contributed by atoms with Crippen LogP contribution >= 0.6 is 0 Å². The summed E-state index contributed by atoms with van der Waals surface area (Å²) in [5.41, 5.74) is 3.16. The van der Waals surface area contributed by atoms with Crippen LogP contribution in [0, 0.1) is 6.92 Å². The van der Waals surface area contributed by atoms with Gasteiger partial charge in [-0.1, -0.05) is 47.2 Å². The Hall–Kier alpha value is -3.48. The molecule has 0 aliphatic rings. The van der Waals surface area contributed by atoms with Gasteiger partial charge >= 0.3 is 0 Å². The van der Waals surface area contributed by atoms with Crippen LogP contribution in [-0.2, 0) is 6.54 Å². The quantitative estimate of drug-likeness (QED) is 0.598. The molecule has 0 saturated carbocycles. The molecule has 0 saturated heterocycles. The van der Waals surface area contributed by atoms with E-state index in [1.54, 1.807) is 12.1 Å². The summed E-state index contributed by atoms with van der Waals surface area (Å²) in [6.45, 7) is 2.34. The Morgan fingerprint density at radius 1 is 1.20 bits per heavy atom. The molecule has 2 aromatic heterocycles. The number of hydrogen-bond acceptors (Lipinski definition) is 4. The summed E-state index contributed by atoms with van der Waals surface area (Å²) in [5.74, 6) is -0.433. The lowest BCUT2D eigenvalue weighted by molar-refractivity contribution is 0.0947. The van der Waals surface area contributed by atoms with Crippen molar-refractivity contribution in [2.75, 3.05) is 0 Å². The van der Waals surface area contributed by atoms with Crippen molar-refractivity contribution in [2.24, 2.45) is 0 Å². The van der Waals surface area contributed by atoms with Gasteiger partial charge in [0.05, 0.1) is 11.0 Å². The number of carbonyl (C=O) groups is 1. The van der Waals surface area contributed by atoms with Gasteiger partial charge in [-0.05, 0) is 24.6 Å². The van der Waals surface area contributed by atoms with Gasteiger partial charge in [0.25, 0.3) is 11.5 Å².